The van der Waals surface area contributed by atoms with Gasteiger partial charge in [-0.1, -0.05) is 17.7 Å². The van der Waals surface area contributed by atoms with Crippen molar-refractivity contribution in [2.75, 3.05) is 18.1 Å². The van der Waals surface area contributed by atoms with E-state index in [-0.39, 0.29) is 27.4 Å². The Labute approximate surface area is 163 Å². The summed E-state index contributed by atoms with van der Waals surface area (Å²) in [5, 5.41) is 2.65. The monoisotopic (exact) mass is 431 g/mol. The highest BCUT2D eigenvalue weighted by Crippen LogP contribution is 2.41. The maximum absolute atomic E-state index is 13.2. The van der Waals surface area contributed by atoms with Gasteiger partial charge in [0, 0.05) is 7.05 Å². The number of aliphatic imine (C=N–C) groups is 1. The molecule has 12 heteroatoms. The number of halogens is 2. The molecule has 0 aromatic carbocycles. The minimum absolute atomic E-state index is 0.0430. The number of nitrogens with two attached hydrogens (primary N) is 1. The molecule has 8 nitrogen and oxygen atoms in total. The summed E-state index contributed by atoms with van der Waals surface area (Å²) < 4.78 is 38.7. The molecule has 0 fully saturated rings. The molecule has 144 valence electrons. The van der Waals surface area contributed by atoms with Crippen LogP contribution < -0.4 is 11.1 Å². The molecule has 3 rings (SSSR count). The Kier molecular flexibility index (Phi) is 4.87. The van der Waals surface area contributed by atoms with Crippen molar-refractivity contribution >= 4 is 50.6 Å². The van der Waals surface area contributed by atoms with E-state index in [1.165, 1.54) is 25.2 Å². The second-order valence-electron chi connectivity index (χ2n) is 6.05. The lowest BCUT2D eigenvalue weighted by Gasteiger charge is -2.33. The molecule has 0 spiro atoms. The number of amides is 1. The highest BCUT2D eigenvalue weighted by Gasteiger charge is 2.42. The Bertz CT molecular complexity index is 1060. The van der Waals surface area contributed by atoms with Gasteiger partial charge in [-0.05, 0) is 25.1 Å². The number of sulfonamides is 1. The molecule has 0 saturated carbocycles. The summed E-state index contributed by atoms with van der Waals surface area (Å²) in [4.78, 5) is 20.8. The zero-order chi connectivity index (χ0) is 20.0. The number of nitrogens with one attached hydrogen (secondary N) is 1. The van der Waals surface area contributed by atoms with Crippen molar-refractivity contribution in [2.24, 2.45) is 10.7 Å². The van der Waals surface area contributed by atoms with Crippen LogP contribution in [0.15, 0.2) is 29.3 Å². The predicted molar refractivity (Wildman–Crippen MR) is 102 cm³/mol. The summed E-state index contributed by atoms with van der Waals surface area (Å²) >= 11 is 7.24. The zero-order valence-corrected chi connectivity index (χ0v) is 16.6. The number of rotatable bonds is 3. The SMILES string of the molecule is CN1C(N)=N[C@](C)(c2sc(C(=O)Nc3cccc(F)n3)cc2Cl)CS1(=O)=O. The average Bonchev–Trinajstić information content (AvgIpc) is 2.95. The van der Waals surface area contributed by atoms with Gasteiger partial charge < -0.3 is 11.1 Å². The van der Waals surface area contributed by atoms with Crippen LogP contribution in [-0.4, -0.2) is 42.4 Å². The fourth-order valence-electron chi connectivity index (χ4n) is 2.57. The van der Waals surface area contributed by atoms with Gasteiger partial charge in [0.05, 0.1) is 20.5 Å². The summed E-state index contributed by atoms with van der Waals surface area (Å²) in [5.41, 5.74) is 4.51. The lowest BCUT2D eigenvalue weighted by molar-refractivity contribution is 0.103. The normalized spacial score (nSPS) is 21.6. The first kappa shape index (κ1) is 19.5. The van der Waals surface area contributed by atoms with Gasteiger partial charge in [0.25, 0.3) is 5.91 Å². The zero-order valence-electron chi connectivity index (χ0n) is 14.2. The third-order valence-corrected chi connectivity index (χ3v) is 7.67. The second-order valence-corrected chi connectivity index (χ2v) is 9.51. The molecule has 3 N–H and O–H groups in total. The van der Waals surface area contributed by atoms with E-state index in [1.807, 2.05) is 0 Å². The van der Waals surface area contributed by atoms with Crippen LogP contribution in [0.4, 0.5) is 10.2 Å². The van der Waals surface area contributed by atoms with Crippen molar-refractivity contribution in [3.05, 3.63) is 45.0 Å². The number of anilines is 1. The number of aromatic nitrogens is 1. The Morgan fingerprint density at radius 3 is 2.81 bits per heavy atom. The maximum atomic E-state index is 13.2. The summed E-state index contributed by atoms with van der Waals surface area (Å²) in [5.74, 6) is -1.75. The third kappa shape index (κ3) is 3.75. The standard InChI is InChI=1S/C15H15ClFN5O3S2/c1-15(7-27(24,25)22(2)14(18)21-15)12-8(16)6-9(26-12)13(23)20-11-5-3-4-10(17)19-11/h3-6H,7H2,1-2H3,(H2,18,21)(H,19,20,23)/t15-/m0/s1. The molecule has 0 unspecified atom stereocenters. The lowest BCUT2D eigenvalue weighted by Crippen LogP contribution is -2.50. The first-order valence-corrected chi connectivity index (χ1v) is 10.4. The van der Waals surface area contributed by atoms with E-state index in [0.29, 0.717) is 4.88 Å². The van der Waals surface area contributed by atoms with Crippen LogP contribution in [0.25, 0.3) is 0 Å². The van der Waals surface area contributed by atoms with Crippen molar-refractivity contribution in [1.82, 2.24) is 9.29 Å². The van der Waals surface area contributed by atoms with Crippen molar-refractivity contribution < 1.29 is 17.6 Å². The van der Waals surface area contributed by atoms with E-state index in [2.05, 4.69) is 15.3 Å². The second kappa shape index (κ2) is 6.73. The molecule has 1 aliphatic rings. The molecule has 3 heterocycles. The fraction of sp³-hybridized carbons (Fsp3) is 0.267. The number of nitrogens with zero attached hydrogens (tertiary/aromatic N) is 3. The smallest absolute Gasteiger partial charge is 0.266 e. The number of guanidine groups is 1. The van der Waals surface area contributed by atoms with Gasteiger partial charge in [-0.3, -0.25) is 4.79 Å². The van der Waals surface area contributed by atoms with E-state index >= 15 is 0 Å². The van der Waals surface area contributed by atoms with Crippen LogP contribution in [0.2, 0.25) is 5.02 Å². The number of thiophene rings is 1. The summed E-state index contributed by atoms with van der Waals surface area (Å²) in [7, 11) is -2.36. The molecule has 1 amide bonds. The average molecular weight is 432 g/mol. The van der Waals surface area contributed by atoms with Gasteiger partial charge in [0.1, 0.15) is 11.4 Å². The van der Waals surface area contributed by atoms with Crippen LogP contribution in [0.1, 0.15) is 21.5 Å². The fourth-order valence-corrected chi connectivity index (χ4v) is 5.63. The third-order valence-electron chi connectivity index (χ3n) is 3.92. The number of hydrogen-bond donors (Lipinski definition) is 2. The molecule has 0 radical (unpaired) electrons. The van der Waals surface area contributed by atoms with E-state index in [9.17, 15) is 17.6 Å². The maximum Gasteiger partial charge on any atom is 0.266 e. The molecule has 2 aromatic rings. The topological polar surface area (TPSA) is 118 Å². The number of carbonyl (C=O) groups excluding carboxylic acids is 1. The lowest BCUT2D eigenvalue weighted by atomic mass is 10.0. The highest BCUT2D eigenvalue weighted by molar-refractivity contribution is 7.89. The van der Waals surface area contributed by atoms with Crippen LogP contribution in [0, 0.1) is 5.95 Å². The Morgan fingerprint density at radius 2 is 2.19 bits per heavy atom. The molecule has 1 atom stereocenters. The van der Waals surface area contributed by atoms with Crippen LogP contribution in [0.5, 0.6) is 0 Å². The van der Waals surface area contributed by atoms with Gasteiger partial charge in [-0.2, -0.15) is 4.39 Å². The van der Waals surface area contributed by atoms with Crippen LogP contribution >= 0.6 is 22.9 Å². The highest BCUT2D eigenvalue weighted by atomic mass is 35.5. The largest absolute Gasteiger partial charge is 0.369 e. The van der Waals surface area contributed by atoms with Gasteiger partial charge in [0.2, 0.25) is 21.9 Å². The molecular weight excluding hydrogens is 417 g/mol. The Morgan fingerprint density at radius 1 is 1.48 bits per heavy atom. The molecular formula is C15H15ClFN5O3S2. The number of carbonyl (C=O) groups is 1. The minimum atomic E-state index is -3.67. The molecule has 1 aliphatic heterocycles. The van der Waals surface area contributed by atoms with Crippen molar-refractivity contribution in [3.63, 3.8) is 0 Å². The Balaban J connectivity index is 1.94. The van der Waals surface area contributed by atoms with Gasteiger partial charge in [-0.15, -0.1) is 11.3 Å². The van der Waals surface area contributed by atoms with Crippen molar-refractivity contribution in [3.8, 4) is 0 Å². The summed E-state index contributed by atoms with van der Waals surface area (Å²) in [6.45, 7) is 1.58. The van der Waals surface area contributed by atoms with Gasteiger partial charge >= 0.3 is 0 Å². The summed E-state index contributed by atoms with van der Waals surface area (Å²) in [6.07, 6.45) is 0. The number of hydrogen-bond acceptors (Lipinski definition) is 7. The van der Waals surface area contributed by atoms with Crippen molar-refractivity contribution in [2.45, 2.75) is 12.5 Å². The van der Waals surface area contributed by atoms with E-state index in [1.54, 1.807) is 6.92 Å². The minimum Gasteiger partial charge on any atom is -0.369 e. The number of pyridine rings is 1. The quantitative estimate of drug-likeness (QED) is 0.720. The van der Waals surface area contributed by atoms with Gasteiger partial charge in [0.15, 0.2) is 0 Å². The van der Waals surface area contributed by atoms with Crippen molar-refractivity contribution in [1.29, 1.82) is 0 Å². The molecule has 0 aliphatic carbocycles. The van der Waals surface area contributed by atoms with E-state index < -0.39 is 27.4 Å². The van der Waals surface area contributed by atoms with Crippen LogP contribution in [-0.2, 0) is 15.6 Å². The molecule has 0 saturated heterocycles. The molecule has 2 aromatic heterocycles. The van der Waals surface area contributed by atoms with E-state index in [4.69, 9.17) is 17.3 Å². The first-order valence-electron chi connectivity index (χ1n) is 7.57. The molecule has 0 bridgehead atoms. The van der Waals surface area contributed by atoms with Crippen LogP contribution in [0.3, 0.4) is 0 Å². The first-order chi connectivity index (χ1) is 12.5. The Hall–Kier alpha value is -2.24. The predicted octanol–water partition coefficient (Wildman–Crippen LogP) is 1.99. The summed E-state index contributed by atoms with van der Waals surface area (Å²) in [6, 6.07) is 5.40. The molecule has 27 heavy (non-hydrogen) atoms. The van der Waals surface area contributed by atoms with E-state index in [0.717, 1.165) is 21.7 Å². The van der Waals surface area contributed by atoms with Gasteiger partial charge in [-0.25, -0.2) is 22.7 Å².